The summed E-state index contributed by atoms with van der Waals surface area (Å²) in [6.07, 6.45) is 4.63. The van der Waals surface area contributed by atoms with Gasteiger partial charge in [-0.1, -0.05) is 53.6 Å². The summed E-state index contributed by atoms with van der Waals surface area (Å²) in [5.74, 6) is -1.65. The highest BCUT2D eigenvalue weighted by molar-refractivity contribution is 6.39. The molecule has 0 aliphatic heterocycles. The number of halogens is 3. The van der Waals surface area contributed by atoms with Crippen molar-refractivity contribution in [2.24, 2.45) is 0 Å². The molecular weight excluding hydrogens is 468 g/mol. The van der Waals surface area contributed by atoms with Crippen molar-refractivity contribution < 1.29 is 19.1 Å². The van der Waals surface area contributed by atoms with Gasteiger partial charge in [0, 0.05) is 12.7 Å². The maximum atomic E-state index is 13.1. The Morgan fingerprint density at radius 2 is 1.79 bits per heavy atom. The first-order valence-corrected chi connectivity index (χ1v) is 10.6. The second-order valence-corrected chi connectivity index (χ2v) is 7.90. The third-order valence-electron chi connectivity index (χ3n) is 4.81. The quantitative estimate of drug-likeness (QED) is 0.433. The second kappa shape index (κ2) is 10.9. The third kappa shape index (κ3) is 6.31. The number of nitrogens with one attached hydrogen (secondary N) is 1. The summed E-state index contributed by atoms with van der Waals surface area (Å²) < 4.78 is 13.1. The minimum absolute atomic E-state index is 0.0337. The molecule has 9 heteroatoms. The van der Waals surface area contributed by atoms with E-state index in [2.05, 4.69) is 10.3 Å². The lowest BCUT2D eigenvalue weighted by molar-refractivity contribution is -0.139. The van der Waals surface area contributed by atoms with Crippen molar-refractivity contribution in [2.75, 3.05) is 11.9 Å². The fraction of sp³-hybridized carbons (Fsp3) is 0.125. The lowest BCUT2D eigenvalue weighted by atomic mass is 10.1. The fourth-order valence-electron chi connectivity index (χ4n) is 3.01. The van der Waals surface area contributed by atoms with Gasteiger partial charge >= 0.3 is 5.97 Å². The zero-order chi connectivity index (χ0) is 24.0. The lowest BCUT2D eigenvalue weighted by Gasteiger charge is -2.18. The SMILES string of the molecule is CN(c1ccc(/C=C/CC(NC(=O)c2c(Cl)cccc2Cl)C(=O)O)cc1)c1ccc(F)cn1. The van der Waals surface area contributed by atoms with Crippen LogP contribution in [0.5, 0.6) is 0 Å². The molecule has 0 radical (unpaired) electrons. The number of amides is 1. The number of hydrogen-bond donors (Lipinski definition) is 2. The molecule has 3 rings (SSSR count). The van der Waals surface area contributed by atoms with Crippen LogP contribution >= 0.6 is 23.2 Å². The summed E-state index contributed by atoms with van der Waals surface area (Å²) in [6.45, 7) is 0. The van der Waals surface area contributed by atoms with Crippen LogP contribution in [0.3, 0.4) is 0 Å². The van der Waals surface area contributed by atoms with Crippen LogP contribution in [0.25, 0.3) is 6.08 Å². The van der Waals surface area contributed by atoms with E-state index in [9.17, 15) is 19.1 Å². The zero-order valence-corrected chi connectivity index (χ0v) is 19.0. The number of nitrogens with zero attached hydrogens (tertiary/aromatic N) is 2. The Labute approximate surface area is 200 Å². The molecule has 1 aromatic heterocycles. The first-order chi connectivity index (χ1) is 15.8. The molecule has 0 spiro atoms. The van der Waals surface area contributed by atoms with E-state index >= 15 is 0 Å². The maximum Gasteiger partial charge on any atom is 0.326 e. The average Bonchev–Trinajstić information content (AvgIpc) is 2.78. The van der Waals surface area contributed by atoms with Gasteiger partial charge in [-0.05, 0) is 48.4 Å². The summed E-state index contributed by atoms with van der Waals surface area (Å²) >= 11 is 12.0. The molecular formula is C24H20Cl2FN3O3. The van der Waals surface area contributed by atoms with Crippen LogP contribution in [-0.4, -0.2) is 35.1 Å². The smallest absolute Gasteiger partial charge is 0.326 e. The number of carboxylic acid groups (broad SMARTS) is 1. The van der Waals surface area contributed by atoms with E-state index in [0.717, 1.165) is 17.4 Å². The minimum atomic E-state index is -1.18. The fourth-order valence-corrected chi connectivity index (χ4v) is 3.58. The van der Waals surface area contributed by atoms with Crippen LogP contribution in [0.1, 0.15) is 22.3 Å². The number of rotatable bonds is 8. The molecule has 0 aliphatic rings. The predicted octanol–water partition coefficient (Wildman–Crippen LogP) is 5.58. The van der Waals surface area contributed by atoms with E-state index in [0.29, 0.717) is 5.82 Å². The number of aromatic nitrogens is 1. The lowest BCUT2D eigenvalue weighted by Crippen LogP contribution is -2.40. The Morgan fingerprint density at radius 1 is 1.12 bits per heavy atom. The van der Waals surface area contributed by atoms with Gasteiger partial charge in [0.2, 0.25) is 0 Å². The van der Waals surface area contributed by atoms with Crippen molar-refractivity contribution in [1.82, 2.24) is 10.3 Å². The zero-order valence-electron chi connectivity index (χ0n) is 17.5. The van der Waals surface area contributed by atoms with Gasteiger partial charge in [0.1, 0.15) is 17.7 Å². The van der Waals surface area contributed by atoms with Crippen LogP contribution in [-0.2, 0) is 4.79 Å². The Morgan fingerprint density at radius 3 is 2.36 bits per heavy atom. The number of anilines is 2. The Bertz CT molecular complexity index is 1150. The van der Waals surface area contributed by atoms with Gasteiger partial charge in [-0.15, -0.1) is 0 Å². The van der Waals surface area contributed by atoms with Gasteiger partial charge in [0.05, 0.1) is 21.8 Å². The first kappa shape index (κ1) is 24.2. The maximum absolute atomic E-state index is 13.1. The van der Waals surface area contributed by atoms with Crippen molar-refractivity contribution in [2.45, 2.75) is 12.5 Å². The second-order valence-electron chi connectivity index (χ2n) is 7.08. The number of carboxylic acids is 1. The summed E-state index contributed by atoms with van der Waals surface area (Å²) in [5, 5.41) is 12.2. The third-order valence-corrected chi connectivity index (χ3v) is 5.44. The molecule has 33 heavy (non-hydrogen) atoms. The van der Waals surface area contributed by atoms with Gasteiger partial charge in [0.25, 0.3) is 5.91 Å². The van der Waals surface area contributed by atoms with Crippen molar-refractivity contribution in [3.63, 3.8) is 0 Å². The number of hydrogen-bond acceptors (Lipinski definition) is 4. The molecule has 0 saturated heterocycles. The molecule has 1 unspecified atom stereocenters. The molecule has 170 valence electrons. The number of pyridine rings is 1. The Kier molecular flexibility index (Phi) is 8.03. The van der Waals surface area contributed by atoms with E-state index in [4.69, 9.17) is 23.2 Å². The Hall–Kier alpha value is -3.42. The summed E-state index contributed by atoms with van der Waals surface area (Å²) in [6, 6.07) is 13.8. The van der Waals surface area contributed by atoms with Gasteiger partial charge in [-0.2, -0.15) is 0 Å². The van der Waals surface area contributed by atoms with Crippen molar-refractivity contribution in [3.05, 3.63) is 93.9 Å². The molecule has 1 atom stereocenters. The molecule has 0 fully saturated rings. The van der Waals surface area contributed by atoms with E-state index in [1.54, 1.807) is 24.3 Å². The highest BCUT2D eigenvalue weighted by Gasteiger charge is 2.22. The van der Waals surface area contributed by atoms with Crippen LogP contribution in [0, 0.1) is 5.82 Å². The molecule has 0 aliphatic carbocycles. The number of carbonyl (C=O) groups is 2. The summed E-state index contributed by atoms with van der Waals surface area (Å²) in [7, 11) is 1.82. The number of aliphatic carboxylic acids is 1. The van der Waals surface area contributed by atoms with Crippen LogP contribution < -0.4 is 10.2 Å². The standard InChI is InChI=1S/C24H20Cl2FN3O3/c1-30(21-13-10-16(27)14-28-21)17-11-8-15(9-12-17)4-2-7-20(24(32)33)29-23(31)22-18(25)5-3-6-19(22)26/h2-6,8-14,20H,7H2,1H3,(H,29,31)(H,32,33)/b4-2+. The van der Waals surface area contributed by atoms with E-state index in [1.807, 2.05) is 36.2 Å². The predicted molar refractivity (Wildman–Crippen MR) is 128 cm³/mol. The first-order valence-electron chi connectivity index (χ1n) is 9.86. The van der Waals surface area contributed by atoms with E-state index in [1.165, 1.54) is 18.2 Å². The highest BCUT2D eigenvalue weighted by Crippen LogP contribution is 2.25. The van der Waals surface area contributed by atoms with Crippen LogP contribution in [0.15, 0.2) is 66.9 Å². The van der Waals surface area contributed by atoms with Gasteiger partial charge in [0.15, 0.2) is 0 Å². The van der Waals surface area contributed by atoms with Crippen molar-refractivity contribution >= 4 is 52.7 Å². The molecule has 1 heterocycles. The molecule has 0 bridgehead atoms. The van der Waals surface area contributed by atoms with Gasteiger partial charge in [-0.25, -0.2) is 14.2 Å². The normalized spacial score (nSPS) is 11.9. The Balaban J connectivity index is 1.64. The minimum Gasteiger partial charge on any atom is -0.480 e. The van der Waals surface area contributed by atoms with Gasteiger partial charge < -0.3 is 15.3 Å². The largest absolute Gasteiger partial charge is 0.480 e. The number of carbonyl (C=O) groups excluding carboxylic acids is 1. The molecule has 1 amide bonds. The monoisotopic (exact) mass is 487 g/mol. The van der Waals surface area contributed by atoms with Crippen molar-refractivity contribution in [1.29, 1.82) is 0 Å². The number of benzene rings is 2. The topological polar surface area (TPSA) is 82.5 Å². The van der Waals surface area contributed by atoms with Crippen LogP contribution in [0.4, 0.5) is 15.9 Å². The summed E-state index contributed by atoms with van der Waals surface area (Å²) in [4.78, 5) is 29.9. The molecule has 6 nitrogen and oxygen atoms in total. The molecule has 2 aromatic carbocycles. The summed E-state index contributed by atoms with van der Waals surface area (Å²) in [5.41, 5.74) is 1.72. The molecule has 3 aromatic rings. The van der Waals surface area contributed by atoms with E-state index in [-0.39, 0.29) is 22.0 Å². The highest BCUT2D eigenvalue weighted by atomic mass is 35.5. The van der Waals surface area contributed by atoms with Gasteiger partial charge in [-0.3, -0.25) is 4.79 Å². The molecule has 2 N–H and O–H groups in total. The van der Waals surface area contributed by atoms with E-state index < -0.39 is 23.7 Å². The van der Waals surface area contributed by atoms with Crippen molar-refractivity contribution in [3.8, 4) is 0 Å². The van der Waals surface area contributed by atoms with Crippen LogP contribution in [0.2, 0.25) is 10.0 Å². The average molecular weight is 488 g/mol. The molecule has 0 saturated carbocycles.